The van der Waals surface area contributed by atoms with E-state index in [0.717, 1.165) is 6.42 Å². The van der Waals surface area contributed by atoms with Gasteiger partial charge < -0.3 is 15.6 Å². The van der Waals surface area contributed by atoms with Crippen molar-refractivity contribution in [3.05, 3.63) is 23.1 Å². The van der Waals surface area contributed by atoms with Crippen molar-refractivity contribution in [3.8, 4) is 0 Å². The third-order valence-corrected chi connectivity index (χ3v) is 2.61. The summed E-state index contributed by atoms with van der Waals surface area (Å²) in [6, 6.07) is 0. The molecule has 0 bridgehead atoms. The molecule has 1 fully saturated rings. The van der Waals surface area contributed by atoms with Crippen LogP contribution in [0.15, 0.2) is 23.1 Å². The van der Waals surface area contributed by atoms with Gasteiger partial charge in [-0.2, -0.15) is 0 Å². The van der Waals surface area contributed by atoms with E-state index in [1.807, 2.05) is 6.08 Å². The van der Waals surface area contributed by atoms with E-state index in [9.17, 15) is 4.79 Å². The van der Waals surface area contributed by atoms with Gasteiger partial charge in [-0.15, -0.1) is 0 Å². The van der Waals surface area contributed by atoms with Gasteiger partial charge in [0, 0.05) is 17.9 Å². The van der Waals surface area contributed by atoms with Gasteiger partial charge in [0.15, 0.2) is 5.78 Å². The summed E-state index contributed by atoms with van der Waals surface area (Å²) in [6.07, 6.45) is 3.30. The van der Waals surface area contributed by atoms with Crippen molar-refractivity contribution in [2.75, 3.05) is 13.2 Å². The lowest BCUT2D eigenvalue weighted by Crippen LogP contribution is -2.09. The Hall–Kier alpha value is -1.29. The molecule has 2 aliphatic rings. The minimum absolute atomic E-state index is 0.0431. The van der Waals surface area contributed by atoms with Crippen molar-refractivity contribution in [2.24, 2.45) is 11.7 Å². The summed E-state index contributed by atoms with van der Waals surface area (Å²) in [6.45, 7) is 0.180. The number of Topliss-reactive ketones (excluding diaryl/α,β-unsaturated/α-hetero) is 1. The average Bonchev–Trinajstić information content (AvgIpc) is 2.67. The molecular weight excluding hydrogens is 182 g/mol. The average molecular weight is 195 g/mol. The highest BCUT2D eigenvalue weighted by Gasteiger charge is 2.35. The Morgan fingerprint density at radius 3 is 3.07 bits per heavy atom. The van der Waals surface area contributed by atoms with Crippen LogP contribution in [0.2, 0.25) is 0 Å². The number of allylic oxidation sites excluding steroid dienone is 2. The summed E-state index contributed by atoms with van der Waals surface area (Å²) in [5, 5.41) is 8.59. The minimum Gasteiger partial charge on any atom is -0.489 e. The first-order chi connectivity index (χ1) is 6.74. The maximum absolute atomic E-state index is 11.4. The first-order valence-corrected chi connectivity index (χ1v) is 4.72. The zero-order chi connectivity index (χ0) is 10.1. The molecular formula is C10H13NO3. The monoisotopic (exact) mass is 195 g/mol. The molecule has 14 heavy (non-hydrogen) atoms. The van der Waals surface area contributed by atoms with Crippen molar-refractivity contribution in [3.63, 3.8) is 0 Å². The van der Waals surface area contributed by atoms with Gasteiger partial charge in [0.1, 0.15) is 12.4 Å². The number of aliphatic hydroxyl groups excluding tert-OH is 1. The Labute approximate surface area is 82.0 Å². The van der Waals surface area contributed by atoms with E-state index in [4.69, 9.17) is 15.6 Å². The van der Waals surface area contributed by atoms with Crippen molar-refractivity contribution >= 4 is 5.78 Å². The fourth-order valence-electron chi connectivity index (χ4n) is 1.98. The van der Waals surface area contributed by atoms with Crippen LogP contribution in [0.5, 0.6) is 0 Å². The number of ketones is 1. The van der Waals surface area contributed by atoms with Crippen LogP contribution in [-0.4, -0.2) is 24.1 Å². The van der Waals surface area contributed by atoms with Crippen molar-refractivity contribution in [1.29, 1.82) is 0 Å². The Morgan fingerprint density at radius 1 is 1.64 bits per heavy atom. The molecule has 2 rings (SSSR count). The van der Waals surface area contributed by atoms with Gasteiger partial charge in [-0.05, 0) is 12.5 Å². The molecule has 0 spiro atoms. The van der Waals surface area contributed by atoms with E-state index >= 15 is 0 Å². The Morgan fingerprint density at radius 2 is 2.43 bits per heavy atom. The summed E-state index contributed by atoms with van der Waals surface area (Å²) in [4.78, 5) is 11.4. The van der Waals surface area contributed by atoms with Crippen molar-refractivity contribution < 1.29 is 14.6 Å². The predicted octanol–water partition coefficient (Wildman–Crippen LogP) is 0.0847. The first kappa shape index (κ1) is 9.27. The quantitative estimate of drug-likeness (QED) is 0.669. The fraction of sp³-hybridized carbons (Fsp3) is 0.500. The van der Waals surface area contributed by atoms with Crippen LogP contribution in [0.3, 0.4) is 0 Å². The molecule has 1 saturated carbocycles. The highest BCUT2D eigenvalue weighted by Crippen LogP contribution is 2.38. The van der Waals surface area contributed by atoms with Gasteiger partial charge in [-0.3, -0.25) is 4.79 Å². The summed E-state index contributed by atoms with van der Waals surface area (Å²) in [5.41, 5.74) is 6.95. The molecule has 0 aromatic carbocycles. The fourth-order valence-corrected chi connectivity index (χ4v) is 1.98. The number of aliphatic hydroxyl groups is 1. The summed E-state index contributed by atoms with van der Waals surface area (Å²) >= 11 is 0. The molecule has 0 radical (unpaired) electrons. The second-order valence-electron chi connectivity index (χ2n) is 3.50. The molecule has 2 aliphatic carbocycles. The van der Waals surface area contributed by atoms with Gasteiger partial charge in [0.2, 0.25) is 0 Å². The van der Waals surface area contributed by atoms with E-state index in [2.05, 4.69) is 0 Å². The van der Waals surface area contributed by atoms with Crippen LogP contribution < -0.4 is 5.73 Å². The lowest BCUT2D eigenvalue weighted by atomic mass is 10.1. The van der Waals surface area contributed by atoms with Crippen LogP contribution in [0.1, 0.15) is 12.8 Å². The van der Waals surface area contributed by atoms with Gasteiger partial charge >= 0.3 is 0 Å². The van der Waals surface area contributed by atoms with Crippen molar-refractivity contribution in [1.82, 2.24) is 0 Å². The number of hydrogen-bond acceptors (Lipinski definition) is 4. The zero-order valence-electron chi connectivity index (χ0n) is 7.82. The van der Waals surface area contributed by atoms with E-state index in [1.54, 1.807) is 0 Å². The molecule has 76 valence electrons. The third kappa shape index (κ3) is 1.32. The minimum atomic E-state index is -0.0431. The largest absolute Gasteiger partial charge is 0.489 e. The number of carbonyl (C=O) groups excluding carboxylic acids is 1. The molecule has 4 nitrogen and oxygen atoms in total. The van der Waals surface area contributed by atoms with Crippen LogP contribution in [0, 0.1) is 5.92 Å². The van der Waals surface area contributed by atoms with E-state index in [0.29, 0.717) is 23.5 Å². The van der Waals surface area contributed by atoms with E-state index in [-0.39, 0.29) is 24.9 Å². The molecule has 0 aromatic heterocycles. The molecule has 0 aromatic rings. The lowest BCUT2D eigenvalue weighted by Gasteiger charge is -2.06. The number of hydrogen-bond donors (Lipinski definition) is 2. The summed E-state index contributed by atoms with van der Waals surface area (Å²) in [5.74, 6) is 0.842. The number of nitrogens with two attached hydrogens (primary N) is 1. The normalized spacial score (nSPS) is 25.4. The molecule has 0 saturated heterocycles. The molecule has 1 atom stereocenters. The molecule has 0 amide bonds. The van der Waals surface area contributed by atoms with Gasteiger partial charge in [0.05, 0.1) is 12.3 Å². The molecule has 3 N–H and O–H groups in total. The highest BCUT2D eigenvalue weighted by atomic mass is 16.5. The van der Waals surface area contributed by atoms with E-state index in [1.165, 1.54) is 0 Å². The highest BCUT2D eigenvalue weighted by molar-refractivity contribution is 6.00. The predicted molar refractivity (Wildman–Crippen MR) is 50.1 cm³/mol. The topological polar surface area (TPSA) is 72.6 Å². The summed E-state index contributed by atoms with van der Waals surface area (Å²) < 4.78 is 5.23. The van der Waals surface area contributed by atoms with Gasteiger partial charge in [-0.1, -0.05) is 0 Å². The Bertz CT molecular complexity index is 330. The third-order valence-electron chi connectivity index (χ3n) is 2.61. The Balaban J connectivity index is 2.16. The maximum Gasteiger partial charge on any atom is 0.161 e. The number of fused-ring (bicyclic) bond motifs is 1. The van der Waals surface area contributed by atoms with Crippen LogP contribution >= 0.6 is 0 Å². The molecule has 0 aliphatic heterocycles. The number of ether oxygens (including phenoxy) is 1. The second-order valence-corrected chi connectivity index (χ2v) is 3.50. The smallest absolute Gasteiger partial charge is 0.161 e. The van der Waals surface area contributed by atoms with Crippen LogP contribution in [0.4, 0.5) is 0 Å². The maximum atomic E-state index is 11.4. The molecule has 1 unspecified atom stereocenters. The molecule has 4 heteroatoms. The van der Waals surface area contributed by atoms with E-state index < -0.39 is 0 Å². The van der Waals surface area contributed by atoms with Crippen LogP contribution in [0.25, 0.3) is 0 Å². The van der Waals surface area contributed by atoms with Crippen LogP contribution in [-0.2, 0) is 9.53 Å². The number of carbonyl (C=O) groups is 1. The number of rotatable bonds is 3. The zero-order valence-corrected chi connectivity index (χ0v) is 7.82. The Kier molecular flexibility index (Phi) is 2.29. The van der Waals surface area contributed by atoms with Gasteiger partial charge in [0.25, 0.3) is 0 Å². The first-order valence-electron chi connectivity index (χ1n) is 4.72. The second kappa shape index (κ2) is 3.46. The molecule has 0 heterocycles. The SMILES string of the molecule is NC1=C2C(=O)CCC2C=C1OCCO. The van der Waals surface area contributed by atoms with Crippen molar-refractivity contribution in [2.45, 2.75) is 12.8 Å². The standard InChI is InChI=1S/C10H13NO3/c11-10-8(14-4-3-12)5-6-1-2-7(13)9(6)10/h5-6,12H,1-4,11H2. The summed E-state index contributed by atoms with van der Waals surface area (Å²) in [7, 11) is 0. The van der Waals surface area contributed by atoms with Gasteiger partial charge in [-0.25, -0.2) is 0 Å². The lowest BCUT2D eigenvalue weighted by molar-refractivity contribution is -0.114.